The highest BCUT2D eigenvalue weighted by atomic mass is 16.5. The van der Waals surface area contributed by atoms with Gasteiger partial charge in [-0.25, -0.2) is 0 Å². The summed E-state index contributed by atoms with van der Waals surface area (Å²) in [7, 11) is 0. The summed E-state index contributed by atoms with van der Waals surface area (Å²) < 4.78 is 5.99. The van der Waals surface area contributed by atoms with Crippen molar-refractivity contribution in [3.05, 3.63) is 64.2 Å². The monoisotopic (exact) mass is 339 g/mol. The van der Waals surface area contributed by atoms with Crippen molar-refractivity contribution in [1.29, 1.82) is 0 Å². The fraction of sp³-hybridized carbons (Fsp3) is 0.409. The Morgan fingerprint density at radius 3 is 2.16 bits per heavy atom. The molecule has 0 radical (unpaired) electrons. The van der Waals surface area contributed by atoms with Gasteiger partial charge in [0.05, 0.1) is 6.04 Å². The third-order valence-electron chi connectivity index (χ3n) is 4.51. The first-order valence-corrected chi connectivity index (χ1v) is 8.93. The number of amides is 1. The van der Waals surface area contributed by atoms with Crippen LogP contribution in [0.5, 0.6) is 5.75 Å². The fourth-order valence-electron chi connectivity index (χ4n) is 3.10. The zero-order valence-electron chi connectivity index (χ0n) is 16.1. The van der Waals surface area contributed by atoms with Crippen LogP contribution >= 0.6 is 0 Å². The maximum absolute atomic E-state index is 12.7. The summed E-state index contributed by atoms with van der Waals surface area (Å²) in [5.41, 5.74) is 5.79. The summed E-state index contributed by atoms with van der Waals surface area (Å²) in [5.74, 6) is 0.696. The summed E-state index contributed by atoms with van der Waals surface area (Å²) in [4.78, 5) is 12.7. The molecule has 0 aliphatic rings. The van der Waals surface area contributed by atoms with E-state index in [0.29, 0.717) is 6.42 Å². The Hall–Kier alpha value is -2.29. The zero-order valence-corrected chi connectivity index (χ0v) is 16.1. The van der Waals surface area contributed by atoms with Gasteiger partial charge >= 0.3 is 0 Å². The molecule has 2 aromatic rings. The molecule has 134 valence electrons. The van der Waals surface area contributed by atoms with Gasteiger partial charge in [-0.3, -0.25) is 4.79 Å². The molecule has 0 aliphatic heterocycles. The van der Waals surface area contributed by atoms with Crippen LogP contribution in [0, 0.1) is 27.7 Å². The van der Waals surface area contributed by atoms with E-state index in [2.05, 4.69) is 43.4 Å². The Bertz CT molecular complexity index is 752. The molecule has 1 amide bonds. The van der Waals surface area contributed by atoms with Crippen molar-refractivity contribution in [2.45, 2.75) is 60.1 Å². The lowest BCUT2D eigenvalue weighted by molar-refractivity contribution is -0.128. The highest BCUT2D eigenvalue weighted by molar-refractivity contribution is 5.81. The van der Waals surface area contributed by atoms with Crippen molar-refractivity contribution in [3.8, 4) is 5.75 Å². The topological polar surface area (TPSA) is 38.3 Å². The van der Waals surface area contributed by atoms with Crippen LogP contribution in [0.25, 0.3) is 0 Å². The van der Waals surface area contributed by atoms with Crippen LogP contribution in [0.15, 0.2) is 36.4 Å². The van der Waals surface area contributed by atoms with Crippen LogP contribution < -0.4 is 10.1 Å². The minimum atomic E-state index is -0.491. The smallest absolute Gasteiger partial charge is 0.261 e. The molecule has 0 spiro atoms. The first-order valence-electron chi connectivity index (χ1n) is 8.93. The molecule has 0 fully saturated rings. The minimum absolute atomic E-state index is 0.0511. The second-order valence-electron chi connectivity index (χ2n) is 6.87. The first-order chi connectivity index (χ1) is 11.8. The van der Waals surface area contributed by atoms with E-state index < -0.39 is 6.10 Å². The number of carbonyl (C=O) groups is 1. The predicted molar refractivity (Wildman–Crippen MR) is 103 cm³/mol. The molecule has 25 heavy (non-hydrogen) atoms. The van der Waals surface area contributed by atoms with Gasteiger partial charge in [0.15, 0.2) is 6.10 Å². The van der Waals surface area contributed by atoms with Gasteiger partial charge in [-0.05, 0) is 63.8 Å². The highest BCUT2D eigenvalue weighted by Gasteiger charge is 2.22. The zero-order chi connectivity index (χ0) is 18.6. The summed E-state index contributed by atoms with van der Waals surface area (Å²) in [6.07, 6.45) is 0.133. The lowest BCUT2D eigenvalue weighted by atomic mass is 10.00. The lowest BCUT2D eigenvalue weighted by Gasteiger charge is -2.22. The van der Waals surface area contributed by atoms with Crippen molar-refractivity contribution in [2.24, 2.45) is 0 Å². The van der Waals surface area contributed by atoms with Crippen molar-refractivity contribution >= 4 is 5.91 Å². The SMILES string of the molecule is CC[C@H](Oc1ccc(C)cc1C)C(=O)N[C@H](C)c1ccc(C)cc1C. The molecule has 3 heteroatoms. The third kappa shape index (κ3) is 4.85. The Labute approximate surface area is 151 Å². The van der Waals surface area contributed by atoms with E-state index in [0.717, 1.165) is 16.9 Å². The predicted octanol–water partition coefficient (Wildman–Crippen LogP) is 4.96. The lowest BCUT2D eigenvalue weighted by Crippen LogP contribution is -2.39. The van der Waals surface area contributed by atoms with Gasteiger partial charge in [-0.1, -0.05) is 48.4 Å². The number of hydrogen-bond acceptors (Lipinski definition) is 2. The Kier molecular flexibility index (Phi) is 6.24. The van der Waals surface area contributed by atoms with Crippen LogP contribution in [-0.4, -0.2) is 12.0 Å². The third-order valence-corrected chi connectivity index (χ3v) is 4.51. The van der Waals surface area contributed by atoms with Gasteiger partial charge < -0.3 is 10.1 Å². The van der Waals surface area contributed by atoms with Gasteiger partial charge in [0.1, 0.15) is 5.75 Å². The number of ether oxygens (including phenoxy) is 1. The molecule has 2 rings (SSSR count). The molecule has 0 heterocycles. The van der Waals surface area contributed by atoms with E-state index in [1.165, 1.54) is 16.7 Å². The largest absolute Gasteiger partial charge is 0.480 e. The average molecular weight is 339 g/mol. The highest BCUT2D eigenvalue weighted by Crippen LogP contribution is 2.22. The first kappa shape index (κ1) is 19.0. The van der Waals surface area contributed by atoms with E-state index in [4.69, 9.17) is 4.74 Å². The van der Waals surface area contributed by atoms with Gasteiger partial charge in [-0.15, -0.1) is 0 Å². The number of aryl methyl sites for hydroxylation is 4. The van der Waals surface area contributed by atoms with Gasteiger partial charge in [-0.2, -0.15) is 0 Å². The maximum atomic E-state index is 12.7. The summed E-state index contributed by atoms with van der Waals surface area (Å²) in [6.45, 7) is 12.2. The Morgan fingerprint density at radius 1 is 1.00 bits per heavy atom. The van der Waals surface area contributed by atoms with Crippen molar-refractivity contribution in [1.82, 2.24) is 5.32 Å². The molecule has 0 aliphatic carbocycles. The van der Waals surface area contributed by atoms with E-state index in [1.54, 1.807) is 0 Å². The van der Waals surface area contributed by atoms with E-state index >= 15 is 0 Å². The molecular weight excluding hydrogens is 310 g/mol. The van der Waals surface area contributed by atoms with Crippen LogP contribution in [0.4, 0.5) is 0 Å². The summed E-state index contributed by atoms with van der Waals surface area (Å²) in [6, 6.07) is 12.3. The van der Waals surface area contributed by atoms with E-state index in [-0.39, 0.29) is 11.9 Å². The number of hydrogen-bond donors (Lipinski definition) is 1. The van der Waals surface area contributed by atoms with Gasteiger partial charge in [0.25, 0.3) is 5.91 Å². The van der Waals surface area contributed by atoms with Crippen LogP contribution in [0.3, 0.4) is 0 Å². The molecular formula is C22H29NO2. The van der Waals surface area contributed by atoms with Crippen LogP contribution in [0.2, 0.25) is 0 Å². The fourth-order valence-corrected chi connectivity index (χ4v) is 3.10. The number of benzene rings is 2. The van der Waals surface area contributed by atoms with E-state index in [9.17, 15) is 4.79 Å². The number of carbonyl (C=O) groups excluding carboxylic acids is 1. The van der Waals surface area contributed by atoms with Crippen LogP contribution in [0.1, 0.15) is 54.1 Å². The van der Waals surface area contributed by atoms with Crippen molar-refractivity contribution < 1.29 is 9.53 Å². The molecule has 0 aromatic heterocycles. The second kappa shape index (κ2) is 8.19. The molecule has 1 N–H and O–H groups in total. The normalized spacial score (nSPS) is 13.2. The van der Waals surface area contributed by atoms with Gasteiger partial charge in [0, 0.05) is 0 Å². The maximum Gasteiger partial charge on any atom is 0.261 e. The van der Waals surface area contributed by atoms with Crippen molar-refractivity contribution in [3.63, 3.8) is 0 Å². The molecule has 2 aromatic carbocycles. The molecule has 0 saturated heterocycles. The molecule has 0 bridgehead atoms. The molecule has 0 saturated carbocycles. The molecule has 2 atom stereocenters. The Balaban J connectivity index is 2.08. The minimum Gasteiger partial charge on any atom is -0.480 e. The number of nitrogens with one attached hydrogen (secondary N) is 1. The standard InChI is InChI=1S/C22H29NO2/c1-7-20(25-21-11-9-15(3)13-17(21)5)22(24)23-18(6)19-10-8-14(2)12-16(19)4/h8-13,18,20H,7H2,1-6H3,(H,23,24)/t18-,20+/m1/s1. The summed E-state index contributed by atoms with van der Waals surface area (Å²) in [5, 5.41) is 3.09. The van der Waals surface area contributed by atoms with E-state index in [1.807, 2.05) is 39.8 Å². The van der Waals surface area contributed by atoms with Crippen LogP contribution in [-0.2, 0) is 4.79 Å². The molecule has 0 unspecified atom stereocenters. The summed E-state index contributed by atoms with van der Waals surface area (Å²) >= 11 is 0. The Morgan fingerprint density at radius 2 is 1.60 bits per heavy atom. The molecule has 3 nitrogen and oxygen atoms in total. The van der Waals surface area contributed by atoms with Crippen molar-refractivity contribution in [2.75, 3.05) is 0 Å². The number of rotatable bonds is 6. The second-order valence-corrected chi connectivity index (χ2v) is 6.87. The average Bonchev–Trinajstić information content (AvgIpc) is 2.53. The quantitative estimate of drug-likeness (QED) is 0.808. The van der Waals surface area contributed by atoms with Gasteiger partial charge in [0.2, 0.25) is 0 Å².